The molecule has 0 amide bonds. The number of anilines is 1. The van der Waals surface area contributed by atoms with Crippen molar-refractivity contribution in [3.8, 4) is 11.3 Å². The molecule has 1 N–H and O–H groups in total. The molecule has 1 aromatic heterocycles. The van der Waals surface area contributed by atoms with Crippen LogP contribution < -0.4 is 5.32 Å². The third-order valence-corrected chi connectivity index (χ3v) is 8.90. The Labute approximate surface area is 199 Å². The Morgan fingerprint density at radius 2 is 1.76 bits per heavy atom. The van der Waals surface area contributed by atoms with E-state index in [1.807, 2.05) is 0 Å². The fourth-order valence-corrected chi connectivity index (χ4v) is 6.19. The van der Waals surface area contributed by atoms with Crippen molar-refractivity contribution < 1.29 is 17.9 Å². The minimum atomic E-state index is -1.24. The Hall–Kier alpha value is -2.13. The van der Waals surface area contributed by atoms with Gasteiger partial charge in [0.1, 0.15) is 19.5 Å². The zero-order valence-electron chi connectivity index (χ0n) is 20.1. The molecular weight excluding hydrogens is 440 g/mol. The van der Waals surface area contributed by atoms with E-state index in [4.69, 9.17) is 4.74 Å². The highest BCUT2D eigenvalue weighted by atomic mass is 19.2. The van der Waals surface area contributed by atoms with Crippen LogP contribution in [0.5, 0.6) is 0 Å². The topological polar surface area (TPSA) is 50.3 Å². The zero-order chi connectivity index (χ0) is 24.1. The Balaban J connectivity index is 1.20. The van der Waals surface area contributed by atoms with E-state index >= 15 is 0 Å². The van der Waals surface area contributed by atoms with E-state index in [9.17, 15) is 13.2 Å². The summed E-state index contributed by atoms with van der Waals surface area (Å²) in [6.45, 7) is 8.75. The number of fused-ring (bicyclic) bond motifs is 1. The molecule has 1 saturated carbocycles. The molecule has 1 aromatic carbocycles. The van der Waals surface area contributed by atoms with Gasteiger partial charge in [-0.25, -0.2) is 13.2 Å². The zero-order valence-corrected chi connectivity index (χ0v) is 20.1. The number of benzene rings is 1. The smallest absolute Gasteiger partial charge is 0.168 e. The van der Waals surface area contributed by atoms with Crippen LogP contribution in [0.1, 0.15) is 39.5 Å². The molecule has 5 nitrogen and oxygen atoms in total. The summed E-state index contributed by atoms with van der Waals surface area (Å²) in [4.78, 5) is 2.70. The molecular formula is C25H32BF3N4O. The van der Waals surface area contributed by atoms with Gasteiger partial charge in [-0.05, 0) is 66.6 Å². The highest BCUT2D eigenvalue weighted by molar-refractivity contribution is 6.15. The highest BCUT2D eigenvalue weighted by Gasteiger charge is 2.51. The highest BCUT2D eigenvalue weighted by Crippen LogP contribution is 2.48. The van der Waals surface area contributed by atoms with Crippen molar-refractivity contribution in [2.75, 3.05) is 31.6 Å². The van der Waals surface area contributed by atoms with Crippen LogP contribution in [-0.4, -0.2) is 60.7 Å². The predicted molar refractivity (Wildman–Crippen MR) is 128 cm³/mol. The molecule has 2 aliphatic heterocycles. The molecule has 9 heteroatoms. The van der Waals surface area contributed by atoms with Crippen molar-refractivity contribution in [2.24, 2.45) is 17.3 Å². The largest absolute Gasteiger partial charge is 0.381 e. The third-order valence-electron chi connectivity index (χ3n) is 8.90. The molecule has 1 unspecified atom stereocenters. The van der Waals surface area contributed by atoms with E-state index in [1.165, 1.54) is 0 Å². The van der Waals surface area contributed by atoms with Gasteiger partial charge in [0, 0.05) is 44.0 Å². The maximum Gasteiger partial charge on any atom is 0.168 e. The third kappa shape index (κ3) is 4.21. The number of nitrogens with one attached hydrogen (secondary N) is 1. The van der Waals surface area contributed by atoms with Crippen LogP contribution >= 0.6 is 0 Å². The van der Waals surface area contributed by atoms with Crippen molar-refractivity contribution in [1.82, 2.24) is 15.1 Å². The molecule has 2 aromatic rings. The summed E-state index contributed by atoms with van der Waals surface area (Å²) < 4.78 is 46.7. The molecule has 3 heterocycles. The first-order valence-electron chi connectivity index (χ1n) is 12.2. The lowest BCUT2D eigenvalue weighted by molar-refractivity contribution is -0.0379. The summed E-state index contributed by atoms with van der Waals surface area (Å²) in [6.07, 6.45) is 4.36. The molecule has 0 spiro atoms. The van der Waals surface area contributed by atoms with Gasteiger partial charge >= 0.3 is 0 Å². The minimum Gasteiger partial charge on any atom is -0.381 e. The standard InChI is InChI=1S/C25H32BF3N4O/c1-24(5-7-34-8-6-24)25(2,26)33-13-15-9-18(10-16(15)14-33)30-22-4-3-21(31-32-22)19-11-17(27)12-20(28)23(19)29/h3-4,11-12,15-16,18H,5-10,13-14,26H2,1-2H3,(H,30,32)/t15-,16+,18+,25?. The number of hydrogen-bond acceptors (Lipinski definition) is 5. The lowest BCUT2D eigenvalue weighted by atomic mass is 9.56. The maximum atomic E-state index is 14.0. The van der Waals surface area contributed by atoms with Crippen LogP contribution in [0.4, 0.5) is 19.0 Å². The van der Waals surface area contributed by atoms with Crippen LogP contribution in [0.3, 0.4) is 0 Å². The van der Waals surface area contributed by atoms with E-state index in [0.717, 1.165) is 58.1 Å². The second-order valence-electron chi connectivity index (χ2n) is 11.0. The lowest BCUT2D eigenvalue weighted by Crippen LogP contribution is -2.59. The van der Waals surface area contributed by atoms with Crippen molar-refractivity contribution >= 4 is 13.7 Å². The fraction of sp³-hybridized carbons (Fsp3) is 0.600. The summed E-state index contributed by atoms with van der Waals surface area (Å²) >= 11 is 0. The summed E-state index contributed by atoms with van der Waals surface area (Å²) in [7, 11) is 2.40. The average Bonchev–Trinajstić information content (AvgIpc) is 3.36. The molecule has 182 valence electrons. The van der Waals surface area contributed by atoms with Crippen molar-refractivity contribution in [2.45, 2.75) is 51.0 Å². The number of nitrogens with zero attached hydrogens (tertiary/aromatic N) is 3. The Morgan fingerprint density at radius 3 is 2.38 bits per heavy atom. The summed E-state index contributed by atoms with van der Waals surface area (Å²) in [5.41, 5.74) is 0.275. The van der Waals surface area contributed by atoms with E-state index in [0.29, 0.717) is 29.8 Å². The normalized spacial score (nSPS) is 28.4. The van der Waals surface area contributed by atoms with Crippen LogP contribution in [0.15, 0.2) is 24.3 Å². The van der Waals surface area contributed by atoms with Gasteiger partial charge in [0.15, 0.2) is 11.6 Å². The van der Waals surface area contributed by atoms with Crippen LogP contribution in [0.2, 0.25) is 0 Å². The maximum absolute atomic E-state index is 14.0. The van der Waals surface area contributed by atoms with Crippen LogP contribution in [0.25, 0.3) is 11.3 Å². The van der Waals surface area contributed by atoms with Gasteiger partial charge in [0.05, 0.1) is 5.69 Å². The van der Waals surface area contributed by atoms with Crippen LogP contribution in [-0.2, 0) is 4.74 Å². The molecule has 34 heavy (non-hydrogen) atoms. The van der Waals surface area contributed by atoms with Crippen molar-refractivity contribution in [3.63, 3.8) is 0 Å². The first-order valence-corrected chi connectivity index (χ1v) is 12.2. The molecule has 0 radical (unpaired) electrons. The second-order valence-corrected chi connectivity index (χ2v) is 11.0. The Bertz CT molecular complexity index is 1030. The SMILES string of the molecule is BC(C)(N1C[C@H]2C[C@H](Nc3ccc(-c4cc(F)cc(F)c4F)nn3)C[C@H]2C1)C1(C)CCOCC1. The van der Waals surface area contributed by atoms with Gasteiger partial charge in [-0.2, -0.15) is 0 Å². The number of ether oxygens (including phenoxy) is 1. The lowest BCUT2D eigenvalue weighted by Gasteiger charge is -2.52. The first-order chi connectivity index (χ1) is 16.2. The predicted octanol–water partition coefficient (Wildman–Crippen LogP) is 3.85. The molecule has 4 atom stereocenters. The summed E-state index contributed by atoms with van der Waals surface area (Å²) in [5.74, 6) is -1.31. The van der Waals surface area contributed by atoms with Gasteiger partial charge in [-0.1, -0.05) is 13.8 Å². The molecule has 0 bridgehead atoms. The van der Waals surface area contributed by atoms with Gasteiger partial charge < -0.3 is 15.0 Å². The molecule has 3 aliphatic rings. The molecule has 1 aliphatic carbocycles. The van der Waals surface area contributed by atoms with E-state index in [-0.39, 0.29) is 22.1 Å². The van der Waals surface area contributed by atoms with E-state index in [1.54, 1.807) is 12.1 Å². The first kappa shape index (κ1) is 23.6. The average molecular weight is 472 g/mol. The van der Waals surface area contributed by atoms with Crippen LogP contribution in [0, 0.1) is 34.7 Å². The Kier molecular flexibility index (Phi) is 6.13. The molecule has 5 rings (SSSR count). The van der Waals surface area contributed by atoms with Crippen molar-refractivity contribution in [3.05, 3.63) is 41.7 Å². The van der Waals surface area contributed by atoms with Gasteiger partial charge in [0.2, 0.25) is 0 Å². The van der Waals surface area contributed by atoms with E-state index in [2.05, 4.69) is 42.1 Å². The number of rotatable bonds is 5. The quantitative estimate of drug-likeness (QED) is 0.530. The molecule has 3 fully saturated rings. The van der Waals surface area contributed by atoms with Crippen molar-refractivity contribution in [1.29, 1.82) is 0 Å². The summed E-state index contributed by atoms with van der Waals surface area (Å²) in [5, 5.41) is 11.6. The fourth-order valence-electron chi connectivity index (χ4n) is 6.19. The monoisotopic (exact) mass is 472 g/mol. The van der Waals surface area contributed by atoms with E-state index < -0.39 is 17.5 Å². The van der Waals surface area contributed by atoms with Gasteiger partial charge in [-0.15, -0.1) is 10.2 Å². The number of hydrogen-bond donors (Lipinski definition) is 1. The minimum absolute atomic E-state index is 0.101. The molecule has 2 saturated heterocycles. The number of likely N-dealkylation sites (tertiary alicyclic amines) is 1. The second kappa shape index (κ2) is 8.83. The van der Waals surface area contributed by atoms with Gasteiger partial charge in [-0.3, -0.25) is 0 Å². The number of halogens is 3. The number of aromatic nitrogens is 2. The summed E-state index contributed by atoms with van der Waals surface area (Å²) in [6, 6.07) is 5.00. The van der Waals surface area contributed by atoms with Gasteiger partial charge in [0.25, 0.3) is 0 Å². The Morgan fingerprint density at radius 1 is 1.09 bits per heavy atom.